The SMILES string of the molecule is CCN1CCN(N(C(=O)O)C(C(=O)NC2(CO)CNC2=O)c2ccccc2)C(=O)C1=O. The lowest BCUT2D eigenvalue weighted by Crippen LogP contribution is -2.76. The molecular formula is C19H23N5O7. The number of amides is 5. The monoisotopic (exact) mass is 433 g/mol. The first-order valence-corrected chi connectivity index (χ1v) is 9.64. The Kier molecular flexibility index (Phi) is 6.11. The summed E-state index contributed by atoms with van der Waals surface area (Å²) in [6.45, 7) is 1.21. The average Bonchev–Trinajstić information content (AvgIpc) is 2.77. The maximum atomic E-state index is 13.2. The Morgan fingerprint density at radius 2 is 1.87 bits per heavy atom. The molecule has 31 heavy (non-hydrogen) atoms. The van der Waals surface area contributed by atoms with E-state index < -0.39 is 47.9 Å². The molecule has 0 radical (unpaired) electrons. The van der Waals surface area contributed by atoms with Crippen LogP contribution >= 0.6 is 0 Å². The van der Waals surface area contributed by atoms with Crippen molar-refractivity contribution in [2.45, 2.75) is 18.5 Å². The average molecular weight is 433 g/mol. The van der Waals surface area contributed by atoms with Crippen LogP contribution in [0.4, 0.5) is 4.79 Å². The number of carbonyl (C=O) groups is 5. The van der Waals surface area contributed by atoms with Gasteiger partial charge in [0.1, 0.15) is 0 Å². The Hall–Kier alpha value is -3.67. The van der Waals surface area contributed by atoms with Crippen molar-refractivity contribution in [3.63, 3.8) is 0 Å². The molecule has 12 nitrogen and oxygen atoms in total. The molecule has 5 amide bonds. The molecule has 12 heteroatoms. The van der Waals surface area contributed by atoms with Crippen LogP contribution in [0.25, 0.3) is 0 Å². The van der Waals surface area contributed by atoms with E-state index >= 15 is 0 Å². The zero-order valence-corrected chi connectivity index (χ0v) is 16.8. The van der Waals surface area contributed by atoms with Gasteiger partial charge in [-0.05, 0) is 12.5 Å². The largest absolute Gasteiger partial charge is 0.464 e. The Bertz CT molecular complexity index is 904. The molecule has 1 aromatic carbocycles. The number of carboxylic acid groups (broad SMARTS) is 1. The van der Waals surface area contributed by atoms with Crippen molar-refractivity contribution in [3.05, 3.63) is 35.9 Å². The summed E-state index contributed by atoms with van der Waals surface area (Å²) in [4.78, 5) is 63.6. The van der Waals surface area contributed by atoms with Crippen LogP contribution in [0.3, 0.4) is 0 Å². The Labute approximate surface area is 177 Å². The standard InChI is InChI=1S/C19H23N5O7/c1-2-22-8-9-23(16(28)15(22)27)24(18(30)31)13(12-6-4-3-5-7-12)14(26)21-19(11-25)10-20-17(19)29/h3-7,13,25H,2,8-11H2,1H3,(H,20,29)(H,21,26)(H,30,31). The van der Waals surface area contributed by atoms with E-state index in [1.807, 2.05) is 0 Å². The van der Waals surface area contributed by atoms with Gasteiger partial charge in [-0.15, -0.1) is 0 Å². The van der Waals surface area contributed by atoms with E-state index in [0.29, 0.717) is 5.01 Å². The molecule has 0 aromatic heterocycles. The number of nitrogens with zero attached hydrogens (tertiary/aromatic N) is 3. The molecule has 4 N–H and O–H groups in total. The van der Waals surface area contributed by atoms with Crippen LogP contribution in [0.2, 0.25) is 0 Å². The first-order chi connectivity index (χ1) is 14.8. The molecule has 3 rings (SSSR count). The minimum Gasteiger partial charge on any atom is -0.464 e. The second kappa shape index (κ2) is 8.60. The molecular weight excluding hydrogens is 410 g/mol. The molecule has 2 heterocycles. The lowest BCUT2D eigenvalue weighted by atomic mass is 9.91. The molecule has 0 saturated carbocycles. The topological polar surface area (TPSA) is 160 Å². The van der Waals surface area contributed by atoms with Crippen molar-refractivity contribution in [1.29, 1.82) is 0 Å². The van der Waals surface area contributed by atoms with Crippen LogP contribution < -0.4 is 10.6 Å². The number of benzene rings is 1. The lowest BCUT2D eigenvalue weighted by Gasteiger charge is -2.44. The highest BCUT2D eigenvalue weighted by atomic mass is 16.4. The second-order valence-electron chi connectivity index (χ2n) is 7.17. The van der Waals surface area contributed by atoms with E-state index in [9.17, 15) is 34.2 Å². The van der Waals surface area contributed by atoms with E-state index in [-0.39, 0.29) is 31.7 Å². The highest BCUT2D eigenvalue weighted by Crippen LogP contribution is 2.26. The zero-order valence-electron chi connectivity index (χ0n) is 16.8. The molecule has 0 spiro atoms. The van der Waals surface area contributed by atoms with Gasteiger partial charge in [0, 0.05) is 13.1 Å². The van der Waals surface area contributed by atoms with Crippen molar-refractivity contribution >= 4 is 29.7 Å². The Morgan fingerprint density at radius 3 is 2.35 bits per heavy atom. The van der Waals surface area contributed by atoms with Gasteiger partial charge in [0.2, 0.25) is 5.91 Å². The number of hydrogen-bond acceptors (Lipinski definition) is 6. The molecule has 166 valence electrons. The fourth-order valence-electron chi connectivity index (χ4n) is 3.51. The van der Waals surface area contributed by atoms with Crippen LogP contribution in [-0.2, 0) is 19.2 Å². The summed E-state index contributed by atoms with van der Waals surface area (Å²) >= 11 is 0. The number of piperazine rings is 1. The fourth-order valence-corrected chi connectivity index (χ4v) is 3.51. The van der Waals surface area contributed by atoms with Crippen molar-refractivity contribution < 1.29 is 34.2 Å². The predicted molar refractivity (Wildman–Crippen MR) is 104 cm³/mol. The van der Waals surface area contributed by atoms with Crippen molar-refractivity contribution in [2.24, 2.45) is 0 Å². The third-order valence-corrected chi connectivity index (χ3v) is 5.35. The number of rotatable bonds is 7. The Balaban J connectivity index is 1.99. The van der Waals surface area contributed by atoms with Crippen LogP contribution in [-0.4, -0.2) is 93.2 Å². The zero-order chi connectivity index (χ0) is 22.8. The van der Waals surface area contributed by atoms with Gasteiger partial charge in [-0.25, -0.2) is 9.80 Å². The molecule has 2 atom stereocenters. The van der Waals surface area contributed by atoms with Gasteiger partial charge in [0.25, 0.3) is 5.91 Å². The second-order valence-corrected chi connectivity index (χ2v) is 7.17. The lowest BCUT2D eigenvalue weighted by molar-refractivity contribution is -0.171. The first kappa shape index (κ1) is 22.0. The summed E-state index contributed by atoms with van der Waals surface area (Å²) in [7, 11) is 0. The third kappa shape index (κ3) is 3.89. The molecule has 0 aliphatic carbocycles. The van der Waals surface area contributed by atoms with Crippen molar-refractivity contribution in [2.75, 3.05) is 32.8 Å². The van der Waals surface area contributed by atoms with E-state index in [1.165, 1.54) is 17.0 Å². The summed E-state index contributed by atoms with van der Waals surface area (Å²) < 4.78 is 0. The van der Waals surface area contributed by atoms with Gasteiger partial charge < -0.3 is 25.7 Å². The highest BCUT2D eigenvalue weighted by molar-refractivity contribution is 6.35. The number of aliphatic hydroxyl groups excluding tert-OH is 1. The van der Waals surface area contributed by atoms with Gasteiger partial charge >= 0.3 is 17.9 Å². The molecule has 2 fully saturated rings. The van der Waals surface area contributed by atoms with E-state index in [0.717, 1.165) is 5.01 Å². The molecule has 2 unspecified atom stereocenters. The Morgan fingerprint density at radius 1 is 1.19 bits per heavy atom. The first-order valence-electron chi connectivity index (χ1n) is 9.64. The minimum absolute atomic E-state index is 0.0325. The molecule has 0 bridgehead atoms. The van der Waals surface area contributed by atoms with Gasteiger partial charge in [-0.1, -0.05) is 30.3 Å². The quantitative estimate of drug-likeness (QED) is 0.294. The summed E-state index contributed by atoms with van der Waals surface area (Å²) in [5, 5.41) is 25.6. The summed E-state index contributed by atoms with van der Waals surface area (Å²) in [6.07, 6.45) is -1.63. The summed E-state index contributed by atoms with van der Waals surface area (Å²) in [5.74, 6) is -3.49. The van der Waals surface area contributed by atoms with Crippen LogP contribution in [0, 0.1) is 0 Å². The number of nitrogens with one attached hydrogen (secondary N) is 2. The van der Waals surface area contributed by atoms with Gasteiger partial charge in [-0.3, -0.25) is 19.2 Å². The fraction of sp³-hybridized carbons (Fsp3) is 0.421. The van der Waals surface area contributed by atoms with Crippen molar-refractivity contribution in [1.82, 2.24) is 25.6 Å². The number of β-lactam (4-membered cyclic amide) rings is 1. The maximum absolute atomic E-state index is 13.2. The molecule has 2 aliphatic heterocycles. The molecule has 2 aliphatic rings. The number of aliphatic hydroxyl groups is 1. The number of likely N-dealkylation sites (N-methyl/N-ethyl adjacent to an activating group) is 1. The summed E-state index contributed by atoms with van der Waals surface area (Å²) in [6, 6.07) is 6.21. The third-order valence-electron chi connectivity index (χ3n) is 5.35. The predicted octanol–water partition coefficient (Wildman–Crippen LogP) is -1.71. The van der Waals surface area contributed by atoms with Gasteiger partial charge in [-0.2, -0.15) is 5.01 Å². The van der Waals surface area contributed by atoms with Gasteiger partial charge in [0.15, 0.2) is 11.6 Å². The van der Waals surface area contributed by atoms with E-state index in [1.54, 1.807) is 25.1 Å². The number of hydrazine groups is 1. The van der Waals surface area contributed by atoms with Crippen molar-refractivity contribution in [3.8, 4) is 0 Å². The van der Waals surface area contributed by atoms with E-state index in [4.69, 9.17) is 0 Å². The highest BCUT2D eigenvalue weighted by Gasteiger charge is 2.50. The number of carbonyl (C=O) groups excluding carboxylic acids is 4. The molecule has 2 saturated heterocycles. The van der Waals surface area contributed by atoms with Crippen LogP contribution in [0.15, 0.2) is 30.3 Å². The van der Waals surface area contributed by atoms with E-state index in [2.05, 4.69) is 10.6 Å². The summed E-state index contributed by atoms with van der Waals surface area (Å²) in [5.41, 5.74) is -1.37. The van der Waals surface area contributed by atoms with Crippen LogP contribution in [0.5, 0.6) is 0 Å². The number of hydrogen-bond donors (Lipinski definition) is 4. The smallest absolute Gasteiger partial charge is 0.427 e. The maximum Gasteiger partial charge on any atom is 0.427 e. The van der Waals surface area contributed by atoms with Gasteiger partial charge in [0.05, 0.1) is 19.7 Å². The minimum atomic E-state index is -1.63. The molecule has 1 aromatic rings. The normalized spacial score (nSPS) is 21.8. The van der Waals surface area contributed by atoms with Crippen LogP contribution in [0.1, 0.15) is 18.5 Å².